The molecule has 0 N–H and O–H groups in total. The maximum absolute atomic E-state index is 13.0. The van der Waals surface area contributed by atoms with Gasteiger partial charge in [-0.2, -0.15) is 0 Å². The van der Waals surface area contributed by atoms with Crippen molar-refractivity contribution in [3.8, 4) is 11.7 Å². The van der Waals surface area contributed by atoms with Gasteiger partial charge < -0.3 is 4.74 Å². The van der Waals surface area contributed by atoms with Crippen LogP contribution in [0.3, 0.4) is 0 Å². The zero-order valence-electron chi connectivity index (χ0n) is 13.0. The van der Waals surface area contributed by atoms with Gasteiger partial charge in [-0.3, -0.25) is 4.79 Å². The number of nitrogens with zero attached hydrogens (tertiary/aromatic N) is 3. The lowest BCUT2D eigenvalue weighted by molar-refractivity contribution is 0.103. The lowest BCUT2D eigenvalue weighted by Gasteiger charge is -2.14. The minimum absolute atomic E-state index is 0.242. The average Bonchev–Trinajstić information content (AvgIpc) is 2.95. The van der Waals surface area contributed by atoms with E-state index in [0.29, 0.717) is 32.7 Å². The normalized spacial score (nSPS) is 10.7. The second-order valence-electron chi connectivity index (χ2n) is 5.01. The molecule has 3 aromatic rings. The van der Waals surface area contributed by atoms with Gasteiger partial charge in [0.15, 0.2) is 5.78 Å². The molecule has 2 aromatic carbocycles. The van der Waals surface area contributed by atoms with Gasteiger partial charge in [-0.25, -0.2) is 4.57 Å². The monoisotopic (exact) mass is 361 g/mol. The minimum Gasteiger partial charge on any atom is -0.467 e. The van der Waals surface area contributed by atoms with Crippen LogP contribution >= 0.6 is 23.2 Å². The second kappa shape index (κ2) is 6.63. The maximum Gasteiger partial charge on any atom is 0.321 e. The van der Waals surface area contributed by atoms with Crippen molar-refractivity contribution < 1.29 is 9.53 Å². The van der Waals surface area contributed by atoms with Crippen LogP contribution in [0.2, 0.25) is 10.0 Å². The highest BCUT2D eigenvalue weighted by Gasteiger charge is 2.23. The van der Waals surface area contributed by atoms with Gasteiger partial charge in [0.1, 0.15) is 5.82 Å². The number of halogens is 2. The minimum atomic E-state index is -0.242. The highest BCUT2D eigenvalue weighted by Crippen LogP contribution is 2.31. The van der Waals surface area contributed by atoms with E-state index in [0.717, 1.165) is 0 Å². The van der Waals surface area contributed by atoms with Crippen molar-refractivity contribution in [3.63, 3.8) is 0 Å². The largest absolute Gasteiger partial charge is 0.467 e. The standard InChI is InChI=1S/C17H13Cl2N3O2/c1-10-20-21-17(24-2)22(10)15-12(7-5-9-14(15)19)16(23)11-6-3-4-8-13(11)18/h3-9H,1-2H3. The molecule has 0 unspecified atom stereocenters. The maximum atomic E-state index is 13.0. The van der Waals surface area contributed by atoms with Crippen LogP contribution in [-0.2, 0) is 0 Å². The molecule has 5 nitrogen and oxygen atoms in total. The number of methoxy groups -OCH3 is 1. The number of carbonyl (C=O) groups excluding carboxylic acids is 1. The number of ether oxygens (including phenoxy) is 1. The van der Waals surface area contributed by atoms with Gasteiger partial charge in [-0.1, -0.05) is 46.5 Å². The van der Waals surface area contributed by atoms with E-state index in [2.05, 4.69) is 10.2 Å². The lowest BCUT2D eigenvalue weighted by Crippen LogP contribution is -2.11. The predicted octanol–water partition coefficient (Wildman–Crippen LogP) is 4.12. The summed E-state index contributed by atoms with van der Waals surface area (Å²) in [4.78, 5) is 13.0. The van der Waals surface area contributed by atoms with Crippen molar-refractivity contribution in [1.82, 2.24) is 14.8 Å². The van der Waals surface area contributed by atoms with Crippen LogP contribution in [-0.4, -0.2) is 27.7 Å². The predicted molar refractivity (Wildman–Crippen MR) is 92.5 cm³/mol. The van der Waals surface area contributed by atoms with Gasteiger partial charge >= 0.3 is 6.01 Å². The van der Waals surface area contributed by atoms with Crippen LogP contribution < -0.4 is 4.74 Å². The van der Waals surface area contributed by atoms with E-state index < -0.39 is 0 Å². The number of benzene rings is 2. The van der Waals surface area contributed by atoms with Gasteiger partial charge in [0.25, 0.3) is 0 Å². The molecule has 7 heteroatoms. The van der Waals surface area contributed by atoms with Gasteiger partial charge in [-0.15, -0.1) is 5.10 Å². The van der Waals surface area contributed by atoms with Crippen LogP contribution in [0.4, 0.5) is 0 Å². The molecule has 24 heavy (non-hydrogen) atoms. The Hall–Kier alpha value is -2.37. The summed E-state index contributed by atoms with van der Waals surface area (Å²) >= 11 is 12.5. The summed E-state index contributed by atoms with van der Waals surface area (Å²) in [5.41, 5.74) is 1.24. The Kier molecular flexibility index (Phi) is 4.55. The van der Waals surface area contributed by atoms with Crippen LogP contribution in [0.5, 0.6) is 6.01 Å². The average molecular weight is 362 g/mol. The molecule has 0 atom stereocenters. The van der Waals surface area contributed by atoms with E-state index in [1.165, 1.54) is 7.11 Å². The summed E-state index contributed by atoms with van der Waals surface area (Å²) in [6, 6.07) is 12.2. The van der Waals surface area contributed by atoms with Crippen LogP contribution in [0, 0.1) is 6.92 Å². The molecule has 0 saturated heterocycles. The summed E-state index contributed by atoms with van der Waals surface area (Å²) in [5, 5.41) is 8.68. The van der Waals surface area contributed by atoms with Crippen LogP contribution in [0.1, 0.15) is 21.7 Å². The molecular formula is C17H13Cl2N3O2. The number of aromatic nitrogens is 3. The van der Waals surface area contributed by atoms with E-state index in [-0.39, 0.29) is 11.8 Å². The molecule has 0 aliphatic carbocycles. The Morgan fingerprint density at radius 1 is 1.00 bits per heavy atom. The first-order chi connectivity index (χ1) is 11.5. The van der Waals surface area contributed by atoms with Crippen molar-refractivity contribution in [3.05, 3.63) is 69.5 Å². The molecule has 1 aromatic heterocycles. The Morgan fingerprint density at radius 2 is 1.67 bits per heavy atom. The Balaban J connectivity index is 2.25. The summed E-state index contributed by atoms with van der Waals surface area (Å²) < 4.78 is 6.84. The smallest absolute Gasteiger partial charge is 0.321 e. The fraction of sp³-hybridized carbons (Fsp3) is 0.118. The van der Waals surface area contributed by atoms with Gasteiger partial charge in [0.2, 0.25) is 0 Å². The first-order valence-corrected chi connectivity index (χ1v) is 7.84. The number of hydrogen-bond acceptors (Lipinski definition) is 4. The van der Waals surface area contributed by atoms with Crippen LogP contribution in [0.15, 0.2) is 42.5 Å². The van der Waals surface area contributed by atoms with Gasteiger partial charge in [0, 0.05) is 11.1 Å². The van der Waals surface area contributed by atoms with E-state index in [9.17, 15) is 4.79 Å². The third kappa shape index (κ3) is 2.77. The van der Waals surface area contributed by atoms with Crippen molar-refractivity contribution >= 4 is 29.0 Å². The molecule has 0 aliphatic rings. The Morgan fingerprint density at radius 3 is 2.38 bits per heavy atom. The van der Waals surface area contributed by atoms with Gasteiger partial charge in [-0.05, 0) is 31.2 Å². The summed E-state index contributed by atoms with van der Waals surface area (Å²) in [5.74, 6) is 0.307. The molecule has 0 aliphatic heterocycles. The topological polar surface area (TPSA) is 57.0 Å². The molecule has 0 saturated carbocycles. The van der Waals surface area contributed by atoms with Crippen LogP contribution in [0.25, 0.3) is 5.69 Å². The molecule has 3 rings (SSSR count). The Bertz CT molecular complexity index is 922. The highest BCUT2D eigenvalue weighted by atomic mass is 35.5. The zero-order chi connectivity index (χ0) is 17.3. The van der Waals surface area contributed by atoms with Crippen molar-refractivity contribution in [2.45, 2.75) is 6.92 Å². The first kappa shape index (κ1) is 16.5. The summed E-state index contributed by atoms with van der Waals surface area (Å²) in [6.07, 6.45) is 0. The van der Waals surface area contributed by atoms with Crippen molar-refractivity contribution in [2.24, 2.45) is 0 Å². The number of hydrogen-bond donors (Lipinski definition) is 0. The fourth-order valence-corrected chi connectivity index (χ4v) is 2.93. The number of ketones is 1. The third-order valence-corrected chi connectivity index (χ3v) is 4.19. The molecule has 1 heterocycles. The van der Waals surface area contributed by atoms with Crippen molar-refractivity contribution in [2.75, 3.05) is 7.11 Å². The molecular weight excluding hydrogens is 349 g/mol. The first-order valence-electron chi connectivity index (χ1n) is 7.08. The van der Waals surface area contributed by atoms with Gasteiger partial charge in [0.05, 0.1) is 22.8 Å². The van der Waals surface area contributed by atoms with E-state index >= 15 is 0 Å². The zero-order valence-corrected chi connectivity index (χ0v) is 14.5. The molecule has 0 spiro atoms. The fourth-order valence-electron chi connectivity index (χ4n) is 2.45. The summed E-state index contributed by atoms with van der Waals surface area (Å²) in [7, 11) is 1.48. The van der Waals surface area contributed by atoms with E-state index in [1.807, 2.05) is 0 Å². The second-order valence-corrected chi connectivity index (χ2v) is 5.83. The van der Waals surface area contributed by atoms with Crippen molar-refractivity contribution in [1.29, 1.82) is 0 Å². The summed E-state index contributed by atoms with van der Waals surface area (Å²) in [6.45, 7) is 1.75. The molecule has 0 fully saturated rings. The SMILES string of the molecule is COc1nnc(C)n1-c1c(Cl)cccc1C(=O)c1ccccc1Cl. The number of para-hydroxylation sites is 1. The quantitative estimate of drug-likeness (QED) is 0.655. The lowest BCUT2D eigenvalue weighted by atomic mass is 10.0. The Labute approximate surface area is 148 Å². The molecule has 0 amide bonds. The number of carbonyl (C=O) groups is 1. The third-order valence-electron chi connectivity index (χ3n) is 3.55. The molecule has 0 bridgehead atoms. The number of aryl methyl sites for hydroxylation is 1. The van der Waals surface area contributed by atoms with E-state index in [1.54, 1.807) is 54.0 Å². The highest BCUT2D eigenvalue weighted by molar-refractivity contribution is 6.36. The van der Waals surface area contributed by atoms with E-state index in [4.69, 9.17) is 27.9 Å². The number of rotatable bonds is 4. The molecule has 122 valence electrons. The molecule has 0 radical (unpaired) electrons.